The van der Waals surface area contributed by atoms with Crippen LogP contribution in [0.4, 0.5) is 0 Å². The lowest BCUT2D eigenvalue weighted by atomic mass is 9.98. The van der Waals surface area contributed by atoms with E-state index in [1.165, 1.54) is 11.1 Å². The average Bonchev–Trinajstić information content (AvgIpc) is 3.12. The van der Waals surface area contributed by atoms with E-state index in [1.54, 1.807) is 0 Å². The Balaban J connectivity index is 1.46. The van der Waals surface area contributed by atoms with Crippen LogP contribution in [0.1, 0.15) is 35.3 Å². The molecule has 3 saturated heterocycles. The highest BCUT2D eigenvalue weighted by Crippen LogP contribution is 2.29. The molecule has 4 aliphatic rings. The first kappa shape index (κ1) is 15.1. The van der Waals surface area contributed by atoms with Gasteiger partial charge in [0.2, 0.25) is 0 Å². The second-order valence-electron chi connectivity index (χ2n) is 7.15. The fourth-order valence-corrected chi connectivity index (χ4v) is 4.24. The molecule has 1 N–H and O–H groups in total. The van der Waals surface area contributed by atoms with Gasteiger partial charge < -0.3 is 9.64 Å². The quantitative estimate of drug-likeness (QED) is 0.912. The Labute approximate surface area is 146 Å². The number of hydrogen-bond acceptors (Lipinski definition) is 4. The first-order chi connectivity index (χ1) is 12.3. The molecule has 0 atom stereocenters. The van der Waals surface area contributed by atoms with E-state index in [9.17, 15) is 4.79 Å². The Morgan fingerprint density at radius 2 is 2.16 bits per heavy atom. The molecule has 25 heavy (non-hydrogen) atoms. The smallest absolute Gasteiger partial charge is 0.276 e. The number of piperidine rings is 1. The number of aromatic amines is 1. The van der Waals surface area contributed by atoms with Crippen LogP contribution in [0.2, 0.25) is 0 Å². The lowest BCUT2D eigenvalue weighted by Crippen LogP contribution is -2.58. The number of ether oxygens (including phenoxy) is 1. The van der Waals surface area contributed by atoms with E-state index in [0.29, 0.717) is 18.3 Å². The molecule has 0 saturated carbocycles. The molecule has 2 aromatic rings. The minimum Gasteiger partial charge on any atom is -0.377 e. The molecule has 5 heterocycles. The van der Waals surface area contributed by atoms with Crippen molar-refractivity contribution in [3.8, 4) is 0 Å². The van der Waals surface area contributed by atoms with Crippen LogP contribution < -0.4 is 0 Å². The van der Waals surface area contributed by atoms with Crippen LogP contribution in [0.25, 0.3) is 16.5 Å². The van der Waals surface area contributed by atoms with Gasteiger partial charge in [0.15, 0.2) is 5.69 Å². The third-order valence-electron chi connectivity index (χ3n) is 5.71. The highest BCUT2D eigenvalue weighted by atomic mass is 16.5. The zero-order valence-electron chi connectivity index (χ0n) is 14.2. The zero-order chi connectivity index (χ0) is 16.8. The third kappa shape index (κ3) is 2.56. The maximum absolute atomic E-state index is 13.0. The molecule has 2 bridgehead atoms. The zero-order valence-corrected chi connectivity index (χ0v) is 14.2. The van der Waals surface area contributed by atoms with Crippen molar-refractivity contribution in [3.05, 3.63) is 35.5 Å². The minimum atomic E-state index is 0.0543. The number of aromatic nitrogens is 2. The molecule has 1 aromatic carbocycles. The van der Waals surface area contributed by atoms with Gasteiger partial charge in [-0.15, -0.1) is 0 Å². The minimum absolute atomic E-state index is 0.0543. The van der Waals surface area contributed by atoms with Crippen molar-refractivity contribution >= 4 is 22.4 Å². The van der Waals surface area contributed by atoms with E-state index < -0.39 is 0 Å². The summed E-state index contributed by atoms with van der Waals surface area (Å²) in [6.07, 6.45) is 5.21. The largest absolute Gasteiger partial charge is 0.377 e. The summed E-state index contributed by atoms with van der Waals surface area (Å²) in [5, 5.41) is 8.34. The van der Waals surface area contributed by atoms with Gasteiger partial charge in [0.1, 0.15) is 0 Å². The van der Waals surface area contributed by atoms with Crippen LogP contribution in [0.3, 0.4) is 0 Å². The van der Waals surface area contributed by atoms with Crippen LogP contribution in [0, 0.1) is 0 Å². The predicted octanol–water partition coefficient (Wildman–Crippen LogP) is 2.24. The van der Waals surface area contributed by atoms with Crippen molar-refractivity contribution < 1.29 is 9.53 Å². The van der Waals surface area contributed by atoms with Gasteiger partial charge in [-0.25, -0.2) is 0 Å². The first-order valence-corrected chi connectivity index (χ1v) is 9.08. The van der Waals surface area contributed by atoms with Gasteiger partial charge in [0.25, 0.3) is 5.91 Å². The molecule has 6 nitrogen and oxygen atoms in total. The number of H-pyrrole nitrogens is 1. The summed E-state index contributed by atoms with van der Waals surface area (Å²) < 4.78 is 5.38. The van der Waals surface area contributed by atoms with Gasteiger partial charge >= 0.3 is 0 Å². The summed E-state index contributed by atoms with van der Waals surface area (Å²) in [5.74, 6) is 0.0543. The number of rotatable bonds is 2. The summed E-state index contributed by atoms with van der Waals surface area (Å²) in [6.45, 7) is 4.40. The number of carbonyl (C=O) groups is 1. The van der Waals surface area contributed by atoms with Crippen molar-refractivity contribution in [1.82, 2.24) is 20.0 Å². The number of nitrogens with zero attached hydrogens (tertiary/aromatic N) is 3. The summed E-state index contributed by atoms with van der Waals surface area (Å²) in [5.41, 5.74) is 3.96. The number of fused-ring (bicyclic) bond motifs is 4. The van der Waals surface area contributed by atoms with Crippen molar-refractivity contribution in [2.45, 2.75) is 25.3 Å². The van der Waals surface area contributed by atoms with Gasteiger partial charge in [0, 0.05) is 24.5 Å². The van der Waals surface area contributed by atoms with Crippen LogP contribution in [-0.4, -0.2) is 64.9 Å². The molecule has 6 heteroatoms. The Morgan fingerprint density at radius 3 is 2.88 bits per heavy atom. The summed E-state index contributed by atoms with van der Waals surface area (Å²) in [4.78, 5) is 17.4. The van der Waals surface area contributed by atoms with Crippen molar-refractivity contribution in [1.29, 1.82) is 0 Å². The highest BCUT2D eigenvalue weighted by molar-refractivity contribution is 6.05. The van der Waals surface area contributed by atoms with Crippen molar-refractivity contribution in [2.75, 3.05) is 33.0 Å². The summed E-state index contributed by atoms with van der Waals surface area (Å²) in [7, 11) is 0. The Hall–Kier alpha value is -2.18. The van der Waals surface area contributed by atoms with Gasteiger partial charge in [-0.1, -0.05) is 12.1 Å². The Morgan fingerprint density at radius 1 is 1.28 bits per heavy atom. The second-order valence-corrected chi connectivity index (χ2v) is 7.15. The van der Waals surface area contributed by atoms with E-state index >= 15 is 0 Å². The van der Waals surface area contributed by atoms with Crippen LogP contribution >= 0.6 is 0 Å². The molecular weight excluding hydrogens is 316 g/mol. The number of benzene rings is 1. The fraction of sp³-hybridized carbons (Fsp3) is 0.474. The molecule has 4 aliphatic heterocycles. The molecule has 0 radical (unpaired) electrons. The van der Waals surface area contributed by atoms with E-state index in [-0.39, 0.29) is 5.91 Å². The van der Waals surface area contributed by atoms with Gasteiger partial charge in [-0.05, 0) is 42.5 Å². The molecule has 1 aromatic heterocycles. The SMILES string of the molecule is O=C(c1n[nH]c2cc(C3=CCOCC3)ccc12)N1CN2CCC1CC2. The van der Waals surface area contributed by atoms with Gasteiger partial charge in [-0.2, -0.15) is 5.10 Å². The number of nitrogens with one attached hydrogen (secondary N) is 1. The number of hydrogen-bond donors (Lipinski definition) is 1. The monoisotopic (exact) mass is 338 g/mol. The summed E-state index contributed by atoms with van der Waals surface area (Å²) >= 11 is 0. The standard InChI is InChI=1S/C19H22N4O2/c24-19(23-12-22-7-3-15(23)4-8-22)18-16-2-1-14(11-17(16)20-21-18)13-5-9-25-10-6-13/h1-2,5,11,15H,3-4,6-10,12H2,(H,20,21). The first-order valence-electron chi connectivity index (χ1n) is 9.08. The van der Waals surface area contributed by atoms with E-state index in [4.69, 9.17) is 4.74 Å². The van der Waals surface area contributed by atoms with E-state index in [2.05, 4.69) is 33.3 Å². The maximum atomic E-state index is 13.0. The second kappa shape index (κ2) is 5.97. The Bertz CT molecular complexity index is 848. The molecule has 0 aliphatic carbocycles. The molecule has 0 spiro atoms. The molecule has 130 valence electrons. The fourth-order valence-electron chi connectivity index (χ4n) is 4.24. The van der Waals surface area contributed by atoms with Crippen molar-refractivity contribution in [3.63, 3.8) is 0 Å². The molecule has 0 unspecified atom stereocenters. The predicted molar refractivity (Wildman–Crippen MR) is 95.1 cm³/mol. The van der Waals surface area contributed by atoms with Crippen LogP contribution in [-0.2, 0) is 4.74 Å². The Kier molecular flexibility index (Phi) is 3.60. The van der Waals surface area contributed by atoms with Gasteiger partial charge in [0.05, 0.1) is 25.4 Å². The van der Waals surface area contributed by atoms with Crippen LogP contribution in [0.15, 0.2) is 24.3 Å². The maximum Gasteiger partial charge on any atom is 0.276 e. The normalized spacial score (nSPS) is 26.1. The summed E-state index contributed by atoms with van der Waals surface area (Å²) in [6, 6.07) is 6.59. The van der Waals surface area contributed by atoms with Crippen molar-refractivity contribution in [2.24, 2.45) is 0 Å². The lowest BCUT2D eigenvalue weighted by molar-refractivity contribution is -0.00517. The molecular formula is C19H22N4O2. The average molecular weight is 338 g/mol. The third-order valence-corrected chi connectivity index (χ3v) is 5.71. The number of amides is 1. The topological polar surface area (TPSA) is 61.5 Å². The van der Waals surface area contributed by atoms with Crippen LogP contribution in [0.5, 0.6) is 0 Å². The highest BCUT2D eigenvalue weighted by Gasteiger charge is 2.36. The number of carbonyl (C=O) groups excluding carboxylic acids is 1. The lowest BCUT2D eigenvalue weighted by Gasteiger charge is -2.47. The molecule has 6 rings (SSSR count). The van der Waals surface area contributed by atoms with Gasteiger partial charge in [-0.3, -0.25) is 14.8 Å². The van der Waals surface area contributed by atoms with E-state index in [0.717, 1.165) is 56.5 Å². The molecule has 1 amide bonds. The molecule has 3 fully saturated rings. The van der Waals surface area contributed by atoms with E-state index in [1.807, 2.05) is 11.0 Å².